The first-order valence-corrected chi connectivity index (χ1v) is 8.52. The molecule has 0 fully saturated rings. The number of thiophene rings is 1. The molecule has 4 N–H and O–H groups in total. The SMILES string of the molecule is CCOC(=O)c1sc2nc(N)c(C#N)c(-c3ccc(Cl)cc3)c2c1N. The summed E-state index contributed by atoms with van der Waals surface area (Å²) in [4.78, 5) is 17.1. The van der Waals surface area contributed by atoms with Crippen LogP contribution in [0.3, 0.4) is 0 Å². The van der Waals surface area contributed by atoms with Crippen LogP contribution in [0.25, 0.3) is 21.3 Å². The highest BCUT2D eigenvalue weighted by Gasteiger charge is 2.24. The molecule has 0 atom stereocenters. The number of rotatable bonds is 3. The molecule has 126 valence electrons. The highest BCUT2D eigenvalue weighted by molar-refractivity contribution is 7.21. The van der Waals surface area contributed by atoms with Crippen LogP contribution in [-0.4, -0.2) is 17.6 Å². The van der Waals surface area contributed by atoms with Crippen molar-refractivity contribution in [3.05, 3.63) is 39.7 Å². The lowest BCUT2D eigenvalue weighted by atomic mass is 9.97. The molecule has 0 saturated heterocycles. The summed E-state index contributed by atoms with van der Waals surface area (Å²) in [6, 6.07) is 9.00. The zero-order chi connectivity index (χ0) is 18.1. The number of benzene rings is 1. The van der Waals surface area contributed by atoms with Gasteiger partial charge in [-0.25, -0.2) is 9.78 Å². The third-order valence-electron chi connectivity index (χ3n) is 3.61. The van der Waals surface area contributed by atoms with E-state index in [-0.39, 0.29) is 28.6 Å². The van der Waals surface area contributed by atoms with Crippen LogP contribution in [0.5, 0.6) is 0 Å². The molecule has 6 nitrogen and oxygen atoms in total. The molecular weight excluding hydrogens is 360 g/mol. The number of aromatic nitrogens is 1. The molecule has 0 aliphatic heterocycles. The Balaban J connectivity index is 2.38. The minimum Gasteiger partial charge on any atom is -0.462 e. The van der Waals surface area contributed by atoms with Crippen molar-refractivity contribution in [3.63, 3.8) is 0 Å². The molecule has 0 spiro atoms. The number of pyridine rings is 1. The lowest BCUT2D eigenvalue weighted by Gasteiger charge is -2.09. The molecule has 3 rings (SSSR count). The topological polar surface area (TPSA) is 115 Å². The minimum atomic E-state index is -0.526. The first-order valence-electron chi connectivity index (χ1n) is 7.32. The second-order valence-corrected chi connectivity index (χ2v) is 6.55. The van der Waals surface area contributed by atoms with Crippen molar-refractivity contribution in [3.8, 4) is 17.2 Å². The van der Waals surface area contributed by atoms with Gasteiger partial charge in [0, 0.05) is 16.0 Å². The van der Waals surface area contributed by atoms with Gasteiger partial charge in [-0.2, -0.15) is 5.26 Å². The molecule has 2 aromatic heterocycles. The van der Waals surface area contributed by atoms with Gasteiger partial charge in [-0.05, 0) is 24.6 Å². The third kappa shape index (κ3) is 2.86. The molecule has 0 saturated carbocycles. The van der Waals surface area contributed by atoms with Crippen molar-refractivity contribution < 1.29 is 9.53 Å². The number of nitrogens with zero attached hydrogens (tertiary/aromatic N) is 2. The van der Waals surface area contributed by atoms with E-state index in [2.05, 4.69) is 11.1 Å². The van der Waals surface area contributed by atoms with Gasteiger partial charge in [0.05, 0.1) is 12.3 Å². The minimum absolute atomic E-state index is 0.0802. The van der Waals surface area contributed by atoms with Crippen LogP contribution >= 0.6 is 22.9 Å². The number of carbonyl (C=O) groups excluding carboxylic acids is 1. The largest absolute Gasteiger partial charge is 0.462 e. The van der Waals surface area contributed by atoms with Gasteiger partial charge < -0.3 is 16.2 Å². The van der Waals surface area contributed by atoms with E-state index in [4.69, 9.17) is 27.8 Å². The highest BCUT2D eigenvalue weighted by atomic mass is 35.5. The number of nitrogens with two attached hydrogens (primary N) is 2. The monoisotopic (exact) mass is 372 g/mol. The molecule has 0 bridgehead atoms. The molecule has 0 aliphatic rings. The van der Waals surface area contributed by atoms with E-state index >= 15 is 0 Å². The lowest BCUT2D eigenvalue weighted by molar-refractivity contribution is 0.0533. The Hall–Kier alpha value is -2.82. The number of nitrogen functional groups attached to an aromatic ring is 2. The highest BCUT2D eigenvalue weighted by Crippen LogP contribution is 2.42. The average Bonchev–Trinajstić information content (AvgIpc) is 2.91. The molecule has 1 aromatic carbocycles. The van der Waals surface area contributed by atoms with Crippen LogP contribution < -0.4 is 11.5 Å². The van der Waals surface area contributed by atoms with Crippen LogP contribution in [-0.2, 0) is 4.74 Å². The van der Waals surface area contributed by atoms with Gasteiger partial charge in [0.15, 0.2) is 0 Å². The summed E-state index contributed by atoms with van der Waals surface area (Å²) >= 11 is 7.04. The fraction of sp³-hybridized carbons (Fsp3) is 0.118. The number of carbonyl (C=O) groups is 1. The Morgan fingerprint density at radius 2 is 2.04 bits per heavy atom. The Labute approximate surface area is 152 Å². The predicted octanol–water partition coefficient (Wildman–Crippen LogP) is 3.83. The van der Waals surface area contributed by atoms with Gasteiger partial charge in [-0.1, -0.05) is 23.7 Å². The summed E-state index contributed by atoms with van der Waals surface area (Å²) in [5.74, 6) is -0.446. The van der Waals surface area contributed by atoms with Crippen LogP contribution in [0.15, 0.2) is 24.3 Å². The second-order valence-electron chi connectivity index (χ2n) is 5.11. The van der Waals surface area contributed by atoms with Gasteiger partial charge in [-0.3, -0.25) is 0 Å². The number of hydrogen-bond donors (Lipinski definition) is 2. The summed E-state index contributed by atoms with van der Waals surface area (Å²) in [6.07, 6.45) is 0. The van der Waals surface area contributed by atoms with E-state index < -0.39 is 5.97 Å². The van der Waals surface area contributed by atoms with Crippen LogP contribution in [0, 0.1) is 11.3 Å². The molecule has 0 radical (unpaired) electrons. The standard InChI is InChI=1S/C17H13ClN4O2S/c1-2-24-17(23)14-13(20)12-11(8-3-5-9(18)6-4-8)10(7-19)15(21)22-16(12)25-14/h3-6H,2,20H2,1H3,(H2,21,22). The number of ether oxygens (including phenoxy) is 1. The van der Waals surface area contributed by atoms with Crippen molar-refractivity contribution in [1.29, 1.82) is 5.26 Å². The van der Waals surface area contributed by atoms with Gasteiger partial charge in [0.25, 0.3) is 0 Å². The van der Waals surface area contributed by atoms with Crippen molar-refractivity contribution in [2.75, 3.05) is 18.1 Å². The summed E-state index contributed by atoms with van der Waals surface area (Å²) < 4.78 is 5.04. The second kappa shape index (κ2) is 6.59. The third-order valence-corrected chi connectivity index (χ3v) is 4.94. The normalized spacial score (nSPS) is 10.6. The fourth-order valence-electron chi connectivity index (χ4n) is 2.54. The molecule has 25 heavy (non-hydrogen) atoms. The zero-order valence-corrected chi connectivity index (χ0v) is 14.7. The van der Waals surface area contributed by atoms with Gasteiger partial charge in [0.1, 0.15) is 27.2 Å². The van der Waals surface area contributed by atoms with Crippen LogP contribution in [0.2, 0.25) is 5.02 Å². The first kappa shape index (κ1) is 17.0. The van der Waals surface area contributed by atoms with Gasteiger partial charge in [0.2, 0.25) is 0 Å². The van der Waals surface area contributed by atoms with Gasteiger partial charge >= 0.3 is 5.97 Å². The lowest BCUT2D eigenvalue weighted by Crippen LogP contribution is -2.05. The summed E-state index contributed by atoms with van der Waals surface area (Å²) in [5, 5.41) is 10.6. The Bertz CT molecular complexity index is 1020. The Morgan fingerprint density at radius 1 is 1.36 bits per heavy atom. The molecule has 2 heterocycles. The Morgan fingerprint density at radius 3 is 2.64 bits per heavy atom. The number of nitriles is 1. The quantitative estimate of drug-likeness (QED) is 0.675. The average molecular weight is 373 g/mol. The van der Waals surface area contributed by atoms with Gasteiger partial charge in [-0.15, -0.1) is 11.3 Å². The maximum Gasteiger partial charge on any atom is 0.350 e. The number of esters is 1. The number of anilines is 2. The maximum atomic E-state index is 12.1. The zero-order valence-electron chi connectivity index (χ0n) is 13.2. The number of hydrogen-bond acceptors (Lipinski definition) is 7. The predicted molar refractivity (Wildman–Crippen MR) is 99.6 cm³/mol. The van der Waals surface area contributed by atoms with Crippen molar-refractivity contribution >= 4 is 50.6 Å². The van der Waals surface area contributed by atoms with E-state index in [0.29, 0.717) is 26.4 Å². The number of halogens is 1. The molecule has 8 heteroatoms. The van der Waals surface area contributed by atoms with Crippen molar-refractivity contribution in [2.45, 2.75) is 6.92 Å². The molecule has 0 unspecified atom stereocenters. The van der Waals surface area contributed by atoms with E-state index in [0.717, 1.165) is 11.3 Å². The fourth-order valence-corrected chi connectivity index (χ4v) is 3.67. The van der Waals surface area contributed by atoms with E-state index in [9.17, 15) is 10.1 Å². The van der Waals surface area contributed by atoms with Crippen molar-refractivity contribution in [1.82, 2.24) is 4.98 Å². The summed E-state index contributed by atoms with van der Waals surface area (Å²) in [6.45, 7) is 1.94. The number of fused-ring (bicyclic) bond motifs is 1. The smallest absolute Gasteiger partial charge is 0.350 e. The van der Waals surface area contributed by atoms with E-state index in [1.54, 1.807) is 31.2 Å². The molecule has 3 aromatic rings. The molecular formula is C17H13ClN4O2S. The van der Waals surface area contributed by atoms with Crippen molar-refractivity contribution in [2.24, 2.45) is 0 Å². The molecule has 0 amide bonds. The summed E-state index contributed by atoms with van der Waals surface area (Å²) in [7, 11) is 0. The van der Waals surface area contributed by atoms with E-state index in [1.165, 1.54) is 0 Å². The Kier molecular flexibility index (Phi) is 4.49. The van der Waals surface area contributed by atoms with Crippen LogP contribution in [0.1, 0.15) is 22.2 Å². The molecule has 0 aliphatic carbocycles. The van der Waals surface area contributed by atoms with E-state index in [1.807, 2.05) is 0 Å². The summed E-state index contributed by atoms with van der Waals surface area (Å²) in [5.41, 5.74) is 13.8. The first-order chi connectivity index (χ1) is 12.0. The van der Waals surface area contributed by atoms with Crippen LogP contribution in [0.4, 0.5) is 11.5 Å². The maximum absolute atomic E-state index is 12.1.